The number of methoxy groups -OCH3 is 3. The SMILES string of the molecule is COC(=O)C(CCSC)NC(=O)C1OC(OC2C(OC3CC[C@@]4(C)C(CC[C@]5(C)C4C(=O)C=C4C6C[C@@](C)(C(=O)NC(CCSC)C(=O)OC)CC[C@]6(C)CC[C@]45C)C3(C)C)OC(C(=O)NC(CCSC)C(=O)OC)C(O)C2O)C(O)C(O)C1O. The molecule has 8 N–H and O–H groups in total. The normalized spacial score (nSPS) is 40.4. The number of hydrogen-bond acceptors (Lipinski definition) is 22. The lowest BCUT2D eigenvalue weighted by Crippen LogP contribution is -2.69. The maximum Gasteiger partial charge on any atom is 0.328 e. The summed E-state index contributed by atoms with van der Waals surface area (Å²) < 4.78 is 40.3. The van der Waals surface area contributed by atoms with Crippen molar-refractivity contribution in [2.24, 2.45) is 50.2 Å². The molecule has 17 unspecified atom stereocenters. The third kappa shape index (κ3) is 13.3. The number of nitrogens with one attached hydrogen (secondary N) is 3. The molecular weight excluding hydrogens is 1160 g/mol. The molecule has 7 aliphatic rings. The highest BCUT2D eigenvalue weighted by atomic mass is 32.2. The van der Waals surface area contributed by atoms with Gasteiger partial charge in [0.15, 0.2) is 30.6 Å². The van der Waals surface area contributed by atoms with Crippen LogP contribution in [0.5, 0.6) is 0 Å². The van der Waals surface area contributed by atoms with Crippen LogP contribution in [0.3, 0.4) is 0 Å². The van der Waals surface area contributed by atoms with Gasteiger partial charge in [0.1, 0.15) is 54.7 Å². The molecule has 22 atom stereocenters. The van der Waals surface area contributed by atoms with Gasteiger partial charge in [0.2, 0.25) is 5.91 Å². The number of aliphatic hydroxyl groups is 5. The van der Waals surface area contributed by atoms with Crippen molar-refractivity contribution in [3.05, 3.63) is 11.6 Å². The second kappa shape index (κ2) is 27.6. The molecule has 2 saturated heterocycles. The molecule has 4 saturated carbocycles. The summed E-state index contributed by atoms with van der Waals surface area (Å²) in [4.78, 5) is 96.3. The van der Waals surface area contributed by atoms with Crippen LogP contribution in [0.15, 0.2) is 11.6 Å². The van der Waals surface area contributed by atoms with Crippen molar-refractivity contribution in [2.45, 2.75) is 211 Å². The number of carbonyl (C=O) groups excluding carboxylic acids is 7. The predicted octanol–water partition coefficient (Wildman–Crippen LogP) is 3.22. The fourth-order valence-electron chi connectivity index (χ4n) is 16.1. The Kier molecular flexibility index (Phi) is 22.5. The maximum atomic E-state index is 15.5. The van der Waals surface area contributed by atoms with E-state index in [1.165, 1.54) is 37.7 Å². The summed E-state index contributed by atoms with van der Waals surface area (Å²) in [5.74, 6) is -3.30. The molecule has 85 heavy (non-hydrogen) atoms. The molecule has 5 aliphatic carbocycles. The summed E-state index contributed by atoms with van der Waals surface area (Å²) in [6, 6.07) is -3.11. The van der Waals surface area contributed by atoms with E-state index in [1.807, 2.05) is 39.4 Å². The molecule has 0 aromatic carbocycles. The van der Waals surface area contributed by atoms with Crippen LogP contribution in [0.25, 0.3) is 0 Å². The number of esters is 3. The van der Waals surface area contributed by atoms with Crippen molar-refractivity contribution >= 4 is 76.7 Å². The third-order valence-electron chi connectivity index (χ3n) is 21.5. The Morgan fingerprint density at radius 1 is 0.612 bits per heavy atom. The zero-order valence-corrected chi connectivity index (χ0v) is 54.1. The van der Waals surface area contributed by atoms with Gasteiger partial charge in [-0.05, 0) is 158 Å². The number of hydrogen-bond donors (Lipinski definition) is 8. The molecule has 0 aromatic heterocycles. The lowest BCUT2D eigenvalue weighted by atomic mass is 9.33. The Morgan fingerprint density at radius 3 is 1.62 bits per heavy atom. The summed E-state index contributed by atoms with van der Waals surface area (Å²) in [5, 5.41) is 65.7. The van der Waals surface area contributed by atoms with E-state index in [1.54, 1.807) is 18.0 Å². The number of fused-ring (bicyclic) bond motifs is 7. The monoisotopic (exact) mass is 1260 g/mol. The molecule has 7 rings (SSSR count). The van der Waals surface area contributed by atoms with Gasteiger partial charge >= 0.3 is 17.9 Å². The van der Waals surface area contributed by atoms with E-state index in [-0.39, 0.29) is 41.8 Å². The Morgan fingerprint density at radius 2 is 1.11 bits per heavy atom. The van der Waals surface area contributed by atoms with Crippen LogP contribution in [0.4, 0.5) is 0 Å². The molecule has 22 nitrogen and oxygen atoms in total. The molecule has 2 aliphatic heterocycles. The Bertz CT molecular complexity index is 2490. The average Bonchev–Trinajstić information content (AvgIpc) is 0.688. The van der Waals surface area contributed by atoms with Crippen molar-refractivity contribution < 1.29 is 92.3 Å². The molecule has 3 amide bonds. The number of aliphatic hydroxyl groups excluding tert-OH is 5. The quantitative estimate of drug-likeness (QED) is 0.0438. The standard InChI is InChI=1S/C60H95N3O19S3/c1-55(2)36-14-20-60(7)46(35(64)28-30-31-29-57(4,22-21-56(31,3)23-24-59(30,60)6)54(75)63-34(18-27-85-13)51(74)78-10)58(36,5)19-15-37(55)79-53-45(41(68)40(67)44(81-53)48(71)62-33(17-26-84-12)50(73)77-9)82-52-42(69)38(65)39(66)43(80-52)47(70)61-32(16-25-83-11)49(72)76-8/h28,31-34,36-46,52-53,65-69H,14-27,29H2,1-13H3,(H,61,70)(H,62,71)(H,63,75)/t31?,32?,33?,34?,36?,37?,38?,39?,40?,41?,42?,43?,44?,45?,46?,52?,53?,56-,57+,58+,59-,60-/m1/s1. The van der Waals surface area contributed by atoms with Gasteiger partial charge in [-0.2, -0.15) is 35.3 Å². The summed E-state index contributed by atoms with van der Waals surface area (Å²) in [5.41, 5.74) is -2.13. The summed E-state index contributed by atoms with van der Waals surface area (Å²) in [6.45, 7) is 15.2. The zero-order valence-electron chi connectivity index (χ0n) is 51.7. The minimum Gasteiger partial charge on any atom is -0.467 e. The van der Waals surface area contributed by atoms with Crippen molar-refractivity contribution in [1.82, 2.24) is 16.0 Å². The maximum absolute atomic E-state index is 15.5. The number of allylic oxidation sites excluding steroid dienone is 2. The number of ketones is 1. The smallest absolute Gasteiger partial charge is 0.328 e. The Balaban J connectivity index is 1.18. The molecule has 6 fully saturated rings. The number of thioether (sulfide) groups is 3. The van der Waals surface area contributed by atoms with E-state index >= 15 is 4.79 Å². The molecule has 0 bridgehead atoms. The van der Waals surface area contributed by atoms with Gasteiger partial charge in [0.05, 0.1) is 27.4 Å². The predicted molar refractivity (Wildman–Crippen MR) is 317 cm³/mol. The Labute approximate surface area is 512 Å². The molecule has 0 radical (unpaired) electrons. The first kappa shape index (κ1) is 69.4. The number of carbonyl (C=O) groups is 7. The van der Waals surface area contributed by atoms with Gasteiger partial charge < -0.3 is 74.6 Å². The highest BCUT2D eigenvalue weighted by Gasteiger charge is 2.71. The molecule has 0 aromatic rings. The number of ether oxygens (including phenoxy) is 7. The van der Waals surface area contributed by atoms with E-state index in [9.17, 15) is 54.3 Å². The molecular formula is C60H95N3O19S3. The topological polar surface area (TPSA) is 321 Å². The van der Waals surface area contributed by atoms with Crippen molar-refractivity contribution in [2.75, 3.05) is 57.4 Å². The van der Waals surface area contributed by atoms with Crippen LogP contribution in [-0.2, 0) is 66.7 Å². The molecule has 0 spiro atoms. The van der Waals surface area contributed by atoms with Crippen LogP contribution < -0.4 is 16.0 Å². The summed E-state index contributed by atoms with van der Waals surface area (Å²) in [6.07, 6.45) is -6.42. The largest absolute Gasteiger partial charge is 0.467 e. The molecule has 25 heteroatoms. The first-order chi connectivity index (χ1) is 39.9. The second-order valence-corrected chi connectivity index (χ2v) is 29.7. The van der Waals surface area contributed by atoms with E-state index in [4.69, 9.17) is 33.2 Å². The van der Waals surface area contributed by atoms with Crippen molar-refractivity contribution in [3.8, 4) is 0 Å². The van der Waals surface area contributed by atoms with Crippen LogP contribution in [0.1, 0.15) is 126 Å². The molecule has 2 heterocycles. The summed E-state index contributed by atoms with van der Waals surface area (Å²) in [7, 11) is 3.63. The van der Waals surface area contributed by atoms with Crippen LogP contribution in [0, 0.1) is 50.2 Å². The third-order valence-corrected chi connectivity index (χ3v) is 23.4. The van der Waals surface area contributed by atoms with Crippen LogP contribution in [-0.4, -0.2) is 210 Å². The van der Waals surface area contributed by atoms with E-state index in [2.05, 4.69) is 43.6 Å². The summed E-state index contributed by atoms with van der Waals surface area (Å²) >= 11 is 4.41. The zero-order chi connectivity index (χ0) is 62.9. The van der Waals surface area contributed by atoms with Gasteiger partial charge in [0.25, 0.3) is 11.8 Å². The van der Waals surface area contributed by atoms with E-state index in [0.717, 1.165) is 31.9 Å². The highest BCUT2D eigenvalue weighted by molar-refractivity contribution is 7.98. The van der Waals surface area contributed by atoms with Crippen LogP contribution >= 0.6 is 35.3 Å². The average molecular weight is 1260 g/mol. The lowest BCUT2D eigenvalue weighted by molar-refractivity contribution is -0.369. The first-order valence-corrected chi connectivity index (χ1v) is 34.0. The number of rotatable bonds is 22. The van der Waals surface area contributed by atoms with Gasteiger partial charge in [-0.25, -0.2) is 14.4 Å². The fraction of sp³-hybridized carbons (Fsp3) is 0.850. The van der Waals surface area contributed by atoms with Gasteiger partial charge in [-0.1, -0.05) is 54.0 Å². The van der Waals surface area contributed by atoms with E-state index in [0.29, 0.717) is 62.2 Å². The highest BCUT2D eigenvalue weighted by Crippen LogP contribution is 2.75. The van der Waals surface area contributed by atoms with Gasteiger partial charge in [-0.15, -0.1) is 0 Å². The fourth-order valence-corrected chi connectivity index (χ4v) is 17.5. The van der Waals surface area contributed by atoms with Crippen LogP contribution in [0.2, 0.25) is 0 Å². The van der Waals surface area contributed by atoms with Gasteiger partial charge in [0, 0.05) is 11.3 Å². The number of amides is 3. The second-order valence-electron chi connectivity index (χ2n) is 26.7. The van der Waals surface area contributed by atoms with Gasteiger partial charge in [-0.3, -0.25) is 19.2 Å². The first-order valence-electron chi connectivity index (χ1n) is 29.8. The Hall–Kier alpha value is -3.08. The van der Waals surface area contributed by atoms with Crippen molar-refractivity contribution in [1.29, 1.82) is 0 Å². The molecule has 482 valence electrons. The van der Waals surface area contributed by atoms with E-state index < -0.39 is 148 Å². The minimum absolute atomic E-state index is 0.0464. The lowest BCUT2D eigenvalue weighted by Gasteiger charge is -2.70. The van der Waals surface area contributed by atoms with Crippen molar-refractivity contribution in [3.63, 3.8) is 0 Å². The minimum atomic E-state index is -2.09.